The summed E-state index contributed by atoms with van der Waals surface area (Å²) in [5.74, 6) is 0.888. The summed E-state index contributed by atoms with van der Waals surface area (Å²) in [6.07, 6.45) is 0. The van der Waals surface area contributed by atoms with Crippen LogP contribution in [0.4, 0.5) is 0 Å². The fourth-order valence-electron chi connectivity index (χ4n) is 2.16. The average molecular weight is 296 g/mol. The Morgan fingerprint density at radius 2 is 1.71 bits per heavy atom. The maximum absolute atomic E-state index is 5.97. The maximum atomic E-state index is 5.97. The number of nitrogens with zero attached hydrogens (tertiary/aromatic N) is 1. The van der Waals surface area contributed by atoms with Gasteiger partial charge in [0, 0.05) is 45.5 Å². The second kappa shape index (κ2) is 9.73. The highest BCUT2D eigenvalue weighted by molar-refractivity contribution is 5.38. The van der Waals surface area contributed by atoms with Crippen molar-refractivity contribution in [3.05, 3.63) is 29.3 Å². The minimum Gasteiger partial charge on any atom is -0.496 e. The van der Waals surface area contributed by atoms with Gasteiger partial charge in [0.15, 0.2) is 0 Å². The summed E-state index contributed by atoms with van der Waals surface area (Å²) in [6, 6.07) is 6.14. The van der Waals surface area contributed by atoms with Crippen LogP contribution in [0.15, 0.2) is 18.2 Å². The highest BCUT2D eigenvalue weighted by Gasteiger charge is 2.12. The smallest absolute Gasteiger partial charge is 0.123 e. The molecule has 0 aliphatic heterocycles. The zero-order valence-electron chi connectivity index (χ0n) is 13.6. The van der Waals surface area contributed by atoms with E-state index in [0.29, 0.717) is 13.2 Å². The van der Waals surface area contributed by atoms with Crippen LogP contribution in [0.2, 0.25) is 0 Å². The summed E-state index contributed by atoms with van der Waals surface area (Å²) in [5, 5.41) is 0. The Kier molecular flexibility index (Phi) is 8.30. The second-order valence-electron chi connectivity index (χ2n) is 5.12. The Morgan fingerprint density at radius 3 is 2.19 bits per heavy atom. The molecule has 0 saturated carbocycles. The van der Waals surface area contributed by atoms with E-state index in [-0.39, 0.29) is 6.04 Å². The monoisotopic (exact) mass is 296 g/mol. The van der Waals surface area contributed by atoms with Gasteiger partial charge < -0.3 is 19.9 Å². The van der Waals surface area contributed by atoms with Crippen LogP contribution in [0.5, 0.6) is 5.75 Å². The minimum absolute atomic E-state index is 0.0149. The summed E-state index contributed by atoms with van der Waals surface area (Å²) < 4.78 is 15.8. The van der Waals surface area contributed by atoms with E-state index in [1.165, 1.54) is 0 Å². The zero-order chi connectivity index (χ0) is 15.7. The van der Waals surface area contributed by atoms with Crippen molar-refractivity contribution in [2.24, 2.45) is 5.73 Å². The van der Waals surface area contributed by atoms with Crippen LogP contribution < -0.4 is 10.5 Å². The average Bonchev–Trinajstić information content (AvgIpc) is 2.49. The molecule has 0 radical (unpaired) electrons. The molecule has 0 bridgehead atoms. The van der Waals surface area contributed by atoms with Crippen molar-refractivity contribution in [1.82, 2.24) is 4.90 Å². The predicted molar refractivity (Wildman–Crippen MR) is 84.6 cm³/mol. The van der Waals surface area contributed by atoms with Gasteiger partial charge in [0.25, 0.3) is 0 Å². The third kappa shape index (κ3) is 6.01. The number of nitrogens with two attached hydrogens (primary N) is 1. The normalized spacial score (nSPS) is 12.7. The van der Waals surface area contributed by atoms with E-state index in [1.807, 2.05) is 19.1 Å². The summed E-state index contributed by atoms with van der Waals surface area (Å²) in [7, 11) is 5.12. The molecule has 5 nitrogen and oxygen atoms in total. The van der Waals surface area contributed by atoms with Crippen LogP contribution in [-0.4, -0.2) is 52.5 Å². The summed E-state index contributed by atoms with van der Waals surface area (Å²) in [5.41, 5.74) is 8.22. The second-order valence-corrected chi connectivity index (χ2v) is 5.12. The van der Waals surface area contributed by atoms with Gasteiger partial charge in [-0.15, -0.1) is 0 Å². The van der Waals surface area contributed by atoms with E-state index < -0.39 is 0 Å². The molecule has 1 rings (SSSR count). The first-order valence-corrected chi connectivity index (χ1v) is 7.25. The molecule has 5 heteroatoms. The number of rotatable bonds is 10. The molecule has 0 aliphatic carbocycles. The van der Waals surface area contributed by atoms with Crippen molar-refractivity contribution < 1.29 is 14.2 Å². The highest BCUT2D eigenvalue weighted by Crippen LogP contribution is 2.24. The van der Waals surface area contributed by atoms with Crippen LogP contribution >= 0.6 is 0 Å². The standard InChI is InChI=1S/C16H28N2O3/c1-13(17)14-5-6-16(21-4)15(11-14)12-18(7-9-19-2)8-10-20-3/h5-6,11,13H,7-10,12,17H2,1-4H3. The van der Waals surface area contributed by atoms with Crippen molar-refractivity contribution in [3.63, 3.8) is 0 Å². The summed E-state index contributed by atoms with van der Waals surface area (Å²) in [4.78, 5) is 2.29. The number of hydrogen-bond acceptors (Lipinski definition) is 5. The highest BCUT2D eigenvalue weighted by atomic mass is 16.5. The van der Waals surface area contributed by atoms with E-state index in [4.69, 9.17) is 19.9 Å². The van der Waals surface area contributed by atoms with E-state index in [2.05, 4.69) is 11.0 Å². The molecule has 0 saturated heterocycles. The number of hydrogen-bond donors (Lipinski definition) is 1. The molecule has 2 N–H and O–H groups in total. The fourth-order valence-corrected chi connectivity index (χ4v) is 2.16. The molecule has 0 amide bonds. The van der Waals surface area contributed by atoms with Gasteiger partial charge in [-0.2, -0.15) is 0 Å². The first kappa shape index (κ1) is 17.9. The molecule has 120 valence electrons. The lowest BCUT2D eigenvalue weighted by atomic mass is 10.0. The van der Waals surface area contributed by atoms with Gasteiger partial charge in [-0.3, -0.25) is 4.90 Å². The molecular weight excluding hydrogens is 268 g/mol. The summed E-state index contributed by atoms with van der Waals surface area (Å²) >= 11 is 0. The number of benzene rings is 1. The van der Waals surface area contributed by atoms with Gasteiger partial charge in [-0.25, -0.2) is 0 Å². The van der Waals surface area contributed by atoms with Gasteiger partial charge >= 0.3 is 0 Å². The van der Waals surface area contributed by atoms with E-state index >= 15 is 0 Å². The summed E-state index contributed by atoms with van der Waals surface area (Å²) in [6.45, 7) is 5.87. The quantitative estimate of drug-likeness (QED) is 0.713. The fraction of sp³-hybridized carbons (Fsp3) is 0.625. The van der Waals surface area contributed by atoms with Crippen molar-refractivity contribution >= 4 is 0 Å². The molecule has 0 fully saturated rings. The van der Waals surface area contributed by atoms with Gasteiger partial charge in [-0.1, -0.05) is 6.07 Å². The molecule has 0 aromatic heterocycles. The van der Waals surface area contributed by atoms with Crippen LogP contribution in [0, 0.1) is 0 Å². The van der Waals surface area contributed by atoms with Crippen molar-refractivity contribution in [3.8, 4) is 5.75 Å². The van der Waals surface area contributed by atoms with Crippen molar-refractivity contribution in [2.45, 2.75) is 19.5 Å². The Morgan fingerprint density at radius 1 is 1.10 bits per heavy atom. The van der Waals surface area contributed by atoms with Gasteiger partial charge in [0.05, 0.1) is 20.3 Å². The Bertz CT molecular complexity index is 403. The van der Waals surface area contributed by atoms with Gasteiger partial charge in [-0.05, 0) is 24.6 Å². The first-order chi connectivity index (χ1) is 10.1. The lowest BCUT2D eigenvalue weighted by Gasteiger charge is -2.23. The molecule has 0 heterocycles. The molecule has 0 aliphatic rings. The SMILES string of the molecule is COCCN(CCOC)Cc1cc(C(C)N)ccc1OC. The lowest BCUT2D eigenvalue weighted by molar-refractivity contribution is 0.109. The van der Waals surface area contributed by atoms with E-state index in [1.54, 1.807) is 21.3 Å². The number of methoxy groups -OCH3 is 3. The predicted octanol–water partition coefficient (Wildman–Crippen LogP) is 1.81. The van der Waals surface area contributed by atoms with Gasteiger partial charge in [0.2, 0.25) is 0 Å². The topological polar surface area (TPSA) is 57.0 Å². The molecule has 1 atom stereocenters. The zero-order valence-corrected chi connectivity index (χ0v) is 13.6. The van der Waals surface area contributed by atoms with Crippen LogP contribution in [-0.2, 0) is 16.0 Å². The molecule has 1 aromatic carbocycles. The van der Waals surface area contributed by atoms with Crippen molar-refractivity contribution in [2.75, 3.05) is 47.6 Å². The minimum atomic E-state index is 0.0149. The van der Waals surface area contributed by atoms with E-state index in [9.17, 15) is 0 Å². The van der Waals surface area contributed by atoms with Gasteiger partial charge in [0.1, 0.15) is 5.75 Å². The number of ether oxygens (including phenoxy) is 3. The molecule has 0 spiro atoms. The Hall–Kier alpha value is -1.14. The van der Waals surface area contributed by atoms with Crippen molar-refractivity contribution in [1.29, 1.82) is 0 Å². The van der Waals surface area contributed by atoms with E-state index in [0.717, 1.165) is 36.5 Å². The molecule has 1 unspecified atom stereocenters. The largest absolute Gasteiger partial charge is 0.496 e. The lowest BCUT2D eigenvalue weighted by Crippen LogP contribution is -2.30. The first-order valence-electron chi connectivity index (χ1n) is 7.25. The molecule has 21 heavy (non-hydrogen) atoms. The molecule has 1 aromatic rings. The maximum Gasteiger partial charge on any atom is 0.123 e. The third-order valence-electron chi connectivity index (χ3n) is 3.45. The van der Waals surface area contributed by atoms with Crippen LogP contribution in [0.25, 0.3) is 0 Å². The van der Waals surface area contributed by atoms with Crippen LogP contribution in [0.3, 0.4) is 0 Å². The Balaban J connectivity index is 2.85. The van der Waals surface area contributed by atoms with Crippen LogP contribution in [0.1, 0.15) is 24.1 Å². The third-order valence-corrected chi connectivity index (χ3v) is 3.45. The molecular formula is C16H28N2O3. The Labute approximate surface area is 128 Å².